The first-order valence-corrected chi connectivity index (χ1v) is 7.31. The third-order valence-corrected chi connectivity index (χ3v) is 4.08. The molecule has 0 aliphatic heterocycles. The molecule has 21 heavy (non-hydrogen) atoms. The van der Waals surface area contributed by atoms with Crippen molar-refractivity contribution >= 4 is 21.4 Å². The lowest BCUT2D eigenvalue weighted by molar-refractivity contribution is -0.384. The summed E-state index contributed by atoms with van der Waals surface area (Å²) in [6.07, 6.45) is 0. The van der Waals surface area contributed by atoms with E-state index >= 15 is 0 Å². The number of nitro groups is 1. The van der Waals surface area contributed by atoms with Crippen molar-refractivity contribution in [1.82, 2.24) is 0 Å². The van der Waals surface area contributed by atoms with Crippen molar-refractivity contribution in [2.45, 2.75) is 11.8 Å². The molecule has 1 N–H and O–H groups in total. The van der Waals surface area contributed by atoms with Crippen molar-refractivity contribution in [2.75, 3.05) is 4.72 Å². The van der Waals surface area contributed by atoms with Crippen LogP contribution in [-0.2, 0) is 10.0 Å². The molecule has 0 spiro atoms. The maximum absolute atomic E-state index is 13.6. The Balaban J connectivity index is 2.40. The number of rotatable bonds is 4. The fourth-order valence-corrected chi connectivity index (χ4v) is 2.92. The van der Waals surface area contributed by atoms with E-state index in [1.165, 1.54) is 30.3 Å². The number of hydrogen-bond donors (Lipinski definition) is 1. The van der Waals surface area contributed by atoms with Crippen molar-refractivity contribution in [3.8, 4) is 0 Å². The smallest absolute Gasteiger partial charge is 0.271 e. The molecule has 0 radical (unpaired) electrons. The molecule has 0 unspecified atom stereocenters. The van der Waals surface area contributed by atoms with Crippen molar-refractivity contribution < 1.29 is 17.7 Å². The number of anilines is 1. The van der Waals surface area contributed by atoms with Gasteiger partial charge in [-0.05, 0) is 30.7 Å². The van der Waals surface area contributed by atoms with Gasteiger partial charge in [-0.2, -0.15) is 0 Å². The molecule has 2 rings (SSSR count). The van der Waals surface area contributed by atoms with E-state index in [0.29, 0.717) is 5.56 Å². The van der Waals surface area contributed by atoms with Crippen molar-refractivity contribution in [2.24, 2.45) is 0 Å². The molecular formula is C13H11FN2O4S. The molecule has 0 aliphatic rings. The first-order valence-electron chi connectivity index (χ1n) is 5.83. The lowest BCUT2D eigenvalue weighted by atomic mass is 10.2. The predicted molar refractivity (Wildman–Crippen MR) is 75.0 cm³/mol. The highest BCUT2D eigenvalue weighted by Crippen LogP contribution is 2.22. The van der Waals surface area contributed by atoms with Gasteiger partial charge in [0.1, 0.15) is 10.7 Å². The first-order chi connectivity index (χ1) is 9.79. The second-order valence-corrected chi connectivity index (χ2v) is 6.00. The molecule has 0 amide bonds. The van der Waals surface area contributed by atoms with Gasteiger partial charge in [-0.1, -0.05) is 12.1 Å². The molecule has 0 heterocycles. The number of sulfonamides is 1. The van der Waals surface area contributed by atoms with Crippen LogP contribution in [0.5, 0.6) is 0 Å². The van der Waals surface area contributed by atoms with Gasteiger partial charge in [0, 0.05) is 12.1 Å². The Hall–Kier alpha value is -2.48. The normalized spacial score (nSPS) is 11.1. The third-order valence-electron chi connectivity index (χ3n) is 2.69. The van der Waals surface area contributed by atoms with Gasteiger partial charge in [0.25, 0.3) is 15.7 Å². The van der Waals surface area contributed by atoms with E-state index in [4.69, 9.17) is 0 Å². The van der Waals surface area contributed by atoms with Gasteiger partial charge in [0.05, 0.1) is 10.6 Å². The zero-order valence-corrected chi connectivity index (χ0v) is 11.7. The van der Waals surface area contributed by atoms with E-state index in [1.54, 1.807) is 6.92 Å². The summed E-state index contributed by atoms with van der Waals surface area (Å²) in [5.41, 5.74) is 0.306. The van der Waals surface area contributed by atoms with Gasteiger partial charge in [-0.15, -0.1) is 0 Å². The number of nitro benzene ring substituents is 1. The van der Waals surface area contributed by atoms with Gasteiger partial charge in [0.2, 0.25) is 0 Å². The van der Waals surface area contributed by atoms with Gasteiger partial charge in [-0.3, -0.25) is 14.8 Å². The number of halogens is 1. The molecule has 0 bridgehead atoms. The summed E-state index contributed by atoms with van der Waals surface area (Å²) in [5.74, 6) is -0.890. The molecule has 0 saturated heterocycles. The predicted octanol–water partition coefficient (Wildman–Crippen LogP) is 2.84. The van der Waals surface area contributed by atoms with Crippen LogP contribution in [0.4, 0.5) is 15.8 Å². The second-order valence-electron chi connectivity index (χ2n) is 4.35. The van der Waals surface area contributed by atoms with Crippen LogP contribution in [0, 0.1) is 22.9 Å². The van der Waals surface area contributed by atoms with E-state index in [0.717, 1.165) is 12.1 Å². The summed E-state index contributed by atoms with van der Waals surface area (Å²) >= 11 is 0. The summed E-state index contributed by atoms with van der Waals surface area (Å²) in [6.45, 7) is 1.63. The Morgan fingerprint density at radius 1 is 1.19 bits per heavy atom. The third kappa shape index (κ3) is 3.34. The molecule has 0 atom stereocenters. The van der Waals surface area contributed by atoms with Crippen LogP contribution < -0.4 is 4.72 Å². The molecular weight excluding hydrogens is 299 g/mol. The summed E-state index contributed by atoms with van der Waals surface area (Å²) in [7, 11) is -4.16. The zero-order valence-electron chi connectivity index (χ0n) is 10.9. The Morgan fingerprint density at radius 3 is 2.57 bits per heavy atom. The summed E-state index contributed by atoms with van der Waals surface area (Å²) in [6, 6.07) is 8.66. The average Bonchev–Trinajstić information content (AvgIpc) is 2.41. The summed E-state index contributed by atoms with van der Waals surface area (Å²) in [5, 5.41) is 10.7. The van der Waals surface area contributed by atoms with Crippen molar-refractivity contribution in [3.05, 3.63) is 64.0 Å². The topological polar surface area (TPSA) is 89.3 Å². The average molecular weight is 310 g/mol. The SMILES string of the molecule is Cc1ccc(F)c(S(=O)(=O)Nc2cccc([N+](=O)[O-])c2)c1. The van der Waals surface area contributed by atoms with Crippen molar-refractivity contribution in [3.63, 3.8) is 0 Å². The molecule has 2 aromatic carbocycles. The van der Waals surface area contributed by atoms with Crippen LogP contribution in [0.15, 0.2) is 47.4 Å². The minimum absolute atomic E-state index is 0.00916. The van der Waals surface area contributed by atoms with Crippen LogP contribution in [0.1, 0.15) is 5.56 Å². The number of aryl methyl sites for hydroxylation is 1. The number of non-ortho nitro benzene ring substituents is 1. The van der Waals surface area contributed by atoms with Crippen LogP contribution in [-0.4, -0.2) is 13.3 Å². The molecule has 2 aromatic rings. The van der Waals surface area contributed by atoms with Crippen LogP contribution in [0.3, 0.4) is 0 Å². The Kier molecular flexibility index (Phi) is 3.90. The van der Waals surface area contributed by atoms with Gasteiger partial charge < -0.3 is 0 Å². The standard InChI is InChI=1S/C13H11FN2O4S/c1-9-5-6-12(14)13(7-9)21(19,20)15-10-3-2-4-11(8-10)16(17)18/h2-8,15H,1H3. The number of benzene rings is 2. The molecule has 0 aromatic heterocycles. The Labute approximate surface area is 120 Å². The van der Waals surface area contributed by atoms with E-state index < -0.39 is 25.7 Å². The second kappa shape index (κ2) is 5.49. The molecule has 110 valence electrons. The van der Waals surface area contributed by atoms with Gasteiger partial charge in [-0.25, -0.2) is 12.8 Å². The van der Waals surface area contributed by atoms with E-state index in [2.05, 4.69) is 4.72 Å². The Morgan fingerprint density at radius 2 is 1.90 bits per heavy atom. The molecule has 0 aliphatic carbocycles. The maximum atomic E-state index is 13.6. The molecule has 6 nitrogen and oxygen atoms in total. The van der Waals surface area contributed by atoms with Crippen LogP contribution in [0.2, 0.25) is 0 Å². The fourth-order valence-electron chi connectivity index (χ4n) is 1.71. The lowest BCUT2D eigenvalue weighted by Gasteiger charge is -2.09. The highest BCUT2D eigenvalue weighted by molar-refractivity contribution is 7.92. The number of nitrogens with one attached hydrogen (secondary N) is 1. The highest BCUT2D eigenvalue weighted by atomic mass is 32.2. The van der Waals surface area contributed by atoms with E-state index in [9.17, 15) is 22.9 Å². The summed E-state index contributed by atoms with van der Waals surface area (Å²) < 4.78 is 40.0. The van der Waals surface area contributed by atoms with Crippen molar-refractivity contribution in [1.29, 1.82) is 0 Å². The van der Waals surface area contributed by atoms with Crippen LogP contribution >= 0.6 is 0 Å². The number of hydrogen-bond acceptors (Lipinski definition) is 4. The number of nitrogens with zero attached hydrogens (tertiary/aromatic N) is 1. The zero-order chi connectivity index (χ0) is 15.6. The summed E-state index contributed by atoms with van der Waals surface area (Å²) in [4.78, 5) is 9.50. The largest absolute Gasteiger partial charge is 0.279 e. The molecule has 0 fully saturated rings. The molecule has 8 heteroatoms. The minimum Gasteiger partial charge on any atom is -0.279 e. The minimum atomic E-state index is -4.16. The molecule has 0 saturated carbocycles. The lowest BCUT2D eigenvalue weighted by Crippen LogP contribution is -2.14. The van der Waals surface area contributed by atoms with Crippen LogP contribution in [0.25, 0.3) is 0 Å². The van der Waals surface area contributed by atoms with Gasteiger partial charge in [0.15, 0.2) is 0 Å². The monoisotopic (exact) mass is 310 g/mol. The maximum Gasteiger partial charge on any atom is 0.271 e. The van der Waals surface area contributed by atoms with E-state index in [-0.39, 0.29) is 11.4 Å². The fraction of sp³-hybridized carbons (Fsp3) is 0.0769. The first kappa shape index (κ1) is 14.9. The Bertz CT molecular complexity index is 806. The van der Waals surface area contributed by atoms with E-state index in [1.807, 2.05) is 0 Å². The quantitative estimate of drug-likeness (QED) is 0.694. The highest BCUT2D eigenvalue weighted by Gasteiger charge is 2.20. The van der Waals surface area contributed by atoms with Gasteiger partial charge >= 0.3 is 0 Å².